The molecule has 1 aliphatic carbocycles. The lowest BCUT2D eigenvalue weighted by molar-refractivity contribution is -0.120. The first-order valence-corrected chi connectivity index (χ1v) is 14.1. The van der Waals surface area contributed by atoms with Crippen molar-refractivity contribution < 1.29 is 13.2 Å². The highest BCUT2D eigenvalue weighted by Gasteiger charge is 2.33. The van der Waals surface area contributed by atoms with E-state index in [0.29, 0.717) is 41.9 Å². The molecule has 0 saturated carbocycles. The third kappa shape index (κ3) is 4.80. The molecule has 1 amide bonds. The van der Waals surface area contributed by atoms with Crippen LogP contribution in [0.1, 0.15) is 46.9 Å². The zero-order valence-electron chi connectivity index (χ0n) is 19.2. The molecule has 34 heavy (non-hydrogen) atoms. The Kier molecular flexibility index (Phi) is 6.55. The van der Waals surface area contributed by atoms with Gasteiger partial charge in [0.1, 0.15) is 0 Å². The maximum absolute atomic E-state index is 12.9. The van der Waals surface area contributed by atoms with Crippen molar-refractivity contribution in [1.82, 2.24) is 9.29 Å². The van der Waals surface area contributed by atoms with Crippen molar-refractivity contribution in [3.05, 3.63) is 76.3 Å². The summed E-state index contributed by atoms with van der Waals surface area (Å²) in [7, 11) is -3.53. The number of thiazole rings is 1. The SMILES string of the molecule is Cc1ccc(S(=O)(=O)N2CCC(C(=O)Nc3nc4c(s3)CC(c3ccccc3)CC4)CC2)cc1. The molecule has 5 rings (SSSR count). The van der Waals surface area contributed by atoms with Crippen molar-refractivity contribution in [3.8, 4) is 0 Å². The highest BCUT2D eigenvalue weighted by Crippen LogP contribution is 2.37. The number of carbonyl (C=O) groups is 1. The summed E-state index contributed by atoms with van der Waals surface area (Å²) in [5.41, 5.74) is 3.49. The number of piperidine rings is 1. The molecule has 1 saturated heterocycles. The predicted molar refractivity (Wildman–Crippen MR) is 135 cm³/mol. The van der Waals surface area contributed by atoms with Gasteiger partial charge in [-0.3, -0.25) is 4.79 Å². The lowest BCUT2D eigenvalue weighted by Gasteiger charge is -2.30. The van der Waals surface area contributed by atoms with E-state index < -0.39 is 10.0 Å². The zero-order chi connectivity index (χ0) is 23.7. The molecule has 1 N–H and O–H groups in total. The first kappa shape index (κ1) is 23.2. The fourth-order valence-corrected chi connectivity index (χ4v) is 7.42. The summed E-state index contributed by atoms with van der Waals surface area (Å²) in [4.78, 5) is 19.2. The first-order chi connectivity index (χ1) is 16.4. The number of anilines is 1. The molecular weight excluding hydrogens is 466 g/mol. The molecule has 2 aliphatic rings. The molecule has 1 aromatic heterocycles. The smallest absolute Gasteiger partial charge is 0.243 e. The second-order valence-corrected chi connectivity index (χ2v) is 12.2. The Morgan fingerprint density at radius 2 is 1.74 bits per heavy atom. The van der Waals surface area contributed by atoms with Crippen molar-refractivity contribution in [2.75, 3.05) is 18.4 Å². The third-order valence-corrected chi connectivity index (χ3v) is 9.87. The van der Waals surface area contributed by atoms with Gasteiger partial charge in [-0.15, -0.1) is 11.3 Å². The molecule has 178 valence electrons. The number of aryl methyl sites for hydroxylation is 2. The van der Waals surface area contributed by atoms with Gasteiger partial charge in [0.2, 0.25) is 15.9 Å². The lowest BCUT2D eigenvalue weighted by Crippen LogP contribution is -2.41. The van der Waals surface area contributed by atoms with Crippen LogP contribution in [0.15, 0.2) is 59.5 Å². The molecule has 8 heteroatoms. The van der Waals surface area contributed by atoms with Crippen molar-refractivity contribution in [2.45, 2.75) is 49.8 Å². The summed E-state index contributed by atoms with van der Waals surface area (Å²) in [6.45, 7) is 2.63. The van der Waals surface area contributed by atoms with Crippen LogP contribution in [-0.2, 0) is 27.7 Å². The van der Waals surface area contributed by atoms with Gasteiger partial charge < -0.3 is 5.32 Å². The number of carbonyl (C=O) groups excluding carboxylic acids is 1. The van der Waals surface area contributed by atoms with Gasteiger partial charge in [0.15, 0.2) is 5.13 Å². The number of fused-ring (bicyclic) bond motifs is 1. The Morgan fingerprint density at radius 1 is 1.03 bits per heavy atom. The molecule has 3 aromatic rings. The van der Waals surface area contributed by atoms with Crippen LogP contribution in [0, 0.1) is 12.8 Å². The Bertz CT molecular complexity index is 1260. The Morgan fingerprint density at radius 3 is 2.44 bits per heavy atom. The second kappa shape index (κ2) is 9.60. The van der Waals surface area contributed by atoms with Crippen molar-refractivity contribution >= 4 is 32.4 Å². The van der Waals surface area contributed by atoms with E-state index in [4.69, 9.17) is 4.98 Å². The summed E-state index contributed by atoms with van der Waals surface area (Å²) in [5.74, 6) is 0.234. The minimum absolute atomic E-state index is 0.0573. The molecule has 2 aromatic carbocycles. The van der Waals surface area contributed by atoms with Gasteiger partial charge in [-0.05, 0) is 62.6 Å². The molecule has 0 bridgehead atoms. The molecule has 0 spiro atoms. The Hall–Kier alpha value is -2.55. The van der Waals surface area contributed by atoms with Crippen molar-refractivity contribution in [1.29, 1.82) is 0 Å². The summed E-state index contributed by atoms with van der Waals surface area (Å²) < 4.78 is 27.3. The number of aromatic nitrogens is 1. The van der Waals surface area contributed by atoms with E-state index in [-0.39, 0.29) is 11.8 Å². The van der Waals surface area contributed by atoms with Gasteiger partial charge in [0, 0.05) is 23.9 Å². The van der Waals surface area contributed by atoms with E-state index in [9.17, 15) is 13.2 Å². The molecular formula is C26H29N3O3S2. The van der Waals surface area contributed by atoms with Gasteiger partial charge in [0.05, 0.1) is 10.6 Å². The minimum atomic E-state index is -3.53. The molecule has 2 heterocycles. The number of sulfonamides is 1. The standard InChI is InChI=1S/C26H29N3O3S2/c1-18-7-10-22(11-8-18)34(31,32)29-15-13-20(14-16-29)25(30)28-26-27-23-12-9-21(17-24(23)33-26)19-5-3-2-4-6-19/h2-8,10-11,20-21H,9,12-17H2,1H3,(H,27,28,30). The van der Waals surface area contributed by atoms with Crippen molar-refractivity contribution in [3.63, 3.8) is 0 Å². The van der Waals surface area contributed by atoms with E-state index in [1.165, 1.54) is 14.7 Å². The summed E-state index contributed by atoms with van der Waals surface area (Å²) in [5, 5.41) is 3.68. The number of hydrogen-bond acceptors (Lipinski definition) is 5. The number of nitrogens with one attached hydrogen (secondary N) is 1. The van der Waals surface area contributed by atoms with Gasteiger partial charge >= 0.3 is 0 Å². The van der Waals surface area contributed by atoms with E-state index in [1.807, 2.05) is 25.1 Å². The van der Waals surface area contributed by atoms with Crippen LogP contribution in [0.4, 0.5) is 5.13 Å². The van der Waals surface area contributed by atoms with Crippen LogP contribution in [0.3, 0.4) is 0 Å². The molecule has 1 unspecified atom stereocenters. The van der Waals surface area contributed by atoms with Gasteiger partial charge in [-0.1, -0.05) is 48.0 Å². The van der Waals surface area contributed by atoms with E-state index in [2.05, 4.69) is 29.6 Å². The molecule has 1 atom stereocenters. The van der Waals surface area contributed by atoms with Crippen molar-refractivity contribution in [2.24, 2.45) is 5.92 Å². The number of benzene rings is 2. The summed E-state index contributed by atoms with van der Waals surface area (Å²) in [6.07, 6.45) is 3.98. The van der Waals surface area contributed by atoms with Crippen LogP contribution < -0.4 is 5.32 Å². The molecule has 6 nitrogen and oxygen atoms in total. The van der Waals surface area contributed by atoms with Gasteiger partial charge in [-0.25, -0.2) is 13.4 Å². The van der Waals surface area contributed by atoms with E-state index in [1.54, 1.807) is 23.5 Å². The van der Waals surface area contributed by atoms with Crippen LogP contribution in [0.2, 0.25) is 0 Å². The summed E-state index contributed by atoms with van der Waals surface area (Å²) >= 11 is 1.58. The maximum atomic E-state index is 12.9. The number of hydrogen-bond donors (Lipinski definition) is 1. The third-order valence-electron chi connectivity index (χ3n) is 6.92. The normalized spacial score (nSPS) is 19.5. The highest BCUT2D eigenvalue weighted by atomic mass is 32.2. The minimum Gasteiger partial charge on any atom is -0.302 e. The van der Waals surface area contributed by atoms with Crippen LogP contribution >= 0.6 is 11.3 Å². The topological polar surface area (TPSA) is 79.4 Å². The number of nitrogens with zero attached hydrogens (tertiary/aromatic N) is 2. The van der Waals surface area contributed by atoms with E-state index >= 15 is 0 Å². The number of rotatable bonds is 5. The molecule has 1 fully saturated rings. The van der Waals surface area contributed by atoms with Crippen LogP contribution in [0.25, 0.3) is 0 Å². The Labute approximate surface area is 205 Å². The fourth-order valence-electron chi connectivity index (χ4n) is 4.86. The maximum Gasteiger partial charge on any atom is 0.243 e. The van der Waals surface area contributed by atoms with E-state index in [0.717, 1.165) is 30.5 Å². The Balaban J connectivity index is 1.18. The van der Waals surface area contributed by atoms with Crippen LogP contribution in [0.5, 0.6) is 0 Å². The quantitative estimate of drug-likeness (QED) is 0.553. The average molecular weight is 496 g/mol. The molecule has 0 radical (unpaired) electrons. The second-order valence-electron chi connectivity index (χ2n) is 9.22. The largest absolute Gasteiger partial charge is 0.302 e. The lowest BCUT2D eigenvalue weighted by atomic mass is 9.85. The summed E-state index contributed by atoms with van der Waals surface area (Å²) in [6, 6.07) is 17.5. The van der Waals surface area contributed by atoms with Gasteiger partial charge in [-0.2, -0.15) is 4.31 Å². The average Bonchev–Trinajstić information content (AvgIpc) is 3.26. The first-order valence-electron chi connectivity index (χ1n) is 11.8. The molecule has 1 aliphatic heterocycles. The van der Waals surface area contributed by atoms with Crippen LogP contribution in [-0.4, -0.2) is 36.7 Å². The predicted octanol–water partition coefficient (Wildman–Crippen LogP) is 4.76. The van der Waals surface area contributed by atoms with Gasteiger partial charge in [0.25, 0.3) is 0 Å². The fraction of sp³-hybridized carbons (Fsp3) is 0.385. The zero-order valence-corrected chi connectivity index (χ0v) is 20.9. The number of amides is 1. The monoisotopic (exact) mass is 495 g/mol. The highest BCUT2D eigenvalue weighted by molar-refractivity contribution is 7.89.